The van der Waals surface area contributed by atoms with E-state index >= 15 is 0 Å². The molecule has 0 heterocycles. The molecule has 0 bridgehead atoms. The van der Waals surface area contributed by atoms with E-state index in [1.807, 2.05) is 0 Å². The molecular formula is C11H11BrF2O3. The van der Waals surface area contributed by atoms with Crippen LogP contribution in [0, 0.1) is 5.82 Å². The van der Waals surface area contributed by atoms with Crippen LogP contribution in [0.5, 0.6) is 0 Å². The monoisotopic (exact) mass is 308 g/mol. The van der Waals surface area contributed by atoms with Crippen LogP contribution in [0.4, 0.5) is 8.78 Å². The molecule has 0 saturated carbocycles. The Labute approximate surface area is 106 Å². The van der Waals surface area contributed by atoms with Crippen molar-refractivity contribution < 1.29 is 23.4 Å². The summed E-state index contributed by atoms with van der Waals surface area (Å²) >= 11 is 3.03. The fourth-order valence-electron chi connectivity index (χ4n) is 1.25. The number of aliphatic hydroxyl groups is 1. The molecule has 17 heavy (non-hydrogen) atoms. The zero-order valence-corrected chi connectivity index (χ0v) is 10.6. The lowest BCUT2D eigenvalue weighted by Gasteiger charge is -2.15. The van der Waals surface area contributed by atoms with Gasteiger partial charge in [-0.25, -0.2) is 13.6 Å². The molecule has 1 N–H and O–H groups in total. The summed E-state index contributed by atoms with van der Waals surface area (Å²) in [5.41, 5.74) is -0.284. The maximum absolute atomic E-state index is 13.4. The summed E-state index contributed by atoms with van der Waals surface area (Å²) < 4.78 is 31.7. The van der Waals surface area contributed by atoms with Gasteiger partial charge in [0.2, 0.25) is 6.17 Å². The molecular weight excluding hydrogens is 298 g/mol. The van der Waals surface area contributed by atoms with Crippen LogP contribution >= 0.6 is 15.9 Å². The van der Waals surface area contributed by atoms with Crippen molar-refractivity contribution in [3.63, 3.8) is 0 Å². The highest BCUT2D eigenvalue weighted by Crippen LogP contribution is 2.25. The van der Waals surface area contributed by atoms with Crippen molar-refractivity contribution >= 4 is 21.9 Å². The standard InChI is InChI=1S/C11H11BrF2O3/c1-2-17-11(16)9(14)10(15)7-4-3-6(12)5-8(7)13/h3-5,9-10,15H,2H2,1H3. The third kappa shape index (κ3) is 3.47. The number of carbonyl (C=O) groups is 1. The first-order chi connectivity index (χ1) is 7.97. The minimum absolute atomic E-state index is 0.00517. The minimum atomic E-state index is -2.30. The van der Waals surface area contributed by atoms with Crippen LogP contribution in [-0.2, 0) is 9.53 Å². The molecule has 0 aliphatic rings. The Morgan fingerprint density at radius 3 is 2.76 bits per heavy atom. The molecule has 0 spiro atoms. The second kappa shape index (κ2) is 6.07. The summed E-state index contributed by atoms with van der Waals surface area (Å²) in [7, 11) is 0. The van der Waals surface area contributed by atoms with Gasteiger partial charge in [0.25, 0.3) is 0 Å². The van der Waals surface area contributed by atoms with Gasteiger partial charge in [0, 0.05) is 10.0 Å². The van der Waals surface area contributed by atoms with Crippen LogP contribution in [0.3, 0.4) is 0 Å². The van der Waals surface area contributed by atoms with E-state index in [1.165, 1.54) is 19.1 Å². The quantitative estimate of drug-likeness (QED) is 0.869. The molecule has 3 nitrogen and oxygen atoms in total. The predicted octanol–water partition coefficient (Wildman–Crippen LogP) is 2.52. The van der Waals surface area contributed by atoms with Gasteiger partial charge in [0.05, 0.1) is 6.61 Å². The Balaban J connectivity index is 2.88. The van der Waals surface area contributed by atoms with Crippen LogP contribution in [0.25, 0.3) is 0 Å². The van der Waals surface area contributed by atoms with Crippen molar-refractivity contribution in [3.8, 4) is 0 Å². The molecule has 2 atom stereocenters. The number of carbonyl (C=O) groups excluding carboxylic acids is 1. The van der Waals surface area contributed by atoms with E-state index < -0.39 is 24.1 Å². The van der Waals surface area contributed by atoms with Gasteiger partial charge in [-0.05, 0) is 19.1 Å². The maximum Gasteiger partial charge on any atom is 0.343 e. The van der Waals surface area contributed by atoms with Gasteiger partial charge in [-0.1, -0.05) is 22.0 Å². The summed E-state index contributed by atoms with van der Waals surface area (Å²) in [6.45, 7) is 1.51. The average Bonchev–Trinajstić information content (AvgIpc) is 2.27. The molecule has 0 fully saturated rings. The van der Waals surface area contributed by atoms with E-state index in [-0.39, 0.29) is 12.2 Å². The molecule has 1 aromatic carbocycles. The number of benzene rings is 1. The summed E-state index contributed by atoms with van der Waals surface area (Å²) in [4.78, 5) is 11.0. The van der Waals surface area contributed by atoms with Crippen molar-refractivity contribution in [1.29, 1.82) is 0 Å². The van der Waals surface area contributed by atoms with Crippen LogP contribution in [0.2, 0.25) is 0 Å². The highest BCUT2D eigenvalue weighted by Gasteiger charge is 2.30. The van der Waals surface area contributed by atoms with E-state index in [0.717, 1.165) is 6.07 Å². The first kappa shape index (κ1) is 14.1. The lowest BCUT2D eigenvalue weighted by Crippen LogP contribution is -2.26. The maximum atomic E-state index is 13.4. The van der Waals surface area contributed by atoms with Gasteiger partial charge in [-0.2, -0.15) is 0 Å². The third-order valence-corrected chi connectivity index (χ3v) is 2.56. The van der Waals surface area contributed by atoms with Gasteiger partial charge < -0.3 is 9.84 Å². The third-order valence-electron chi connectivity index (χ3n) is 2.07. The molecule has 1 aromatic rings. The molecule has 0 aliphatic heterocycles. The number of hydrogen-bond donors (Lipinski definition) is 1. The molecule has 94 valence electrons. The normalized spacial score (nSPS) is 14.2. The Morgan fingerprint density at radius 2 is 2.24 bits per heavy atom. The molecule has 6 heteroatoms. The highest BCUT2D eigenvalue weighted by atomic mass is 79.9. The lowest BCUT2D eigenvalue weighted by atomic mass is 10.0. The number of hydrogen-bond acceptors (Lipinski definition) is 3. The topological polar surface area (TPSA) is 46.5 Å². The van der Waals surface area contributed by atoms with E-state index in [9.17, 15) is 18.7 Å². The van der Waals surface area contributed by atoms with Gasteiger partial charge in [-0.3, -0.25) is 0 Å². The molecule has 0 aliphatic carbocycles. The first-order valence-electron chi connectivity index (χ1n) is 4.91. The van der Waals surface area contributed by atoms with Crippen LogP contribution in [-0.4, -0.2) is 23.9 Å². The van der Waals surface area contributed by atoms with E-state index in [2.05, 4.69) is 20.7 Å². The van der Waals surface area contributed by atoms with E-state index in [1.54, 1.807) is 0 Å². The van der Waals surface area contributed by atoms with Gasteiger partial charge in [0.1, 0.15) is 11.9 Å². The molecule has 1 rings (SSSR count). The second-order valence-electron chi connectivity index (χ2n) is 3.26. The number of ether oxygens (including phenoxy) is 1. The molecule has 0 radical (unpaired) electrons. The predicted molar refractivity (Wildman–Crippen MR) is 60.6 cm³/mol. The molecule has 0 aromatic heterocycles. The highest BCUT2D eigenvalue weighted by molar-refractivity contribution is 9.10. The Hall–Kier alpha value is -1.01. The minimum Gasteiger partial charge on any atom is -0.464 e. The van der Waals surface area contributed by atoms with Crippen molar-refractivity contribution in [2.75, 3.05) is 6.61 Å². The van der Waals surface area contributed by atoms with Gasteiger partial charge in [-0.15, -0.1) is 0 Å². The van der Waals surface area contributed by atoms with E-state index in [0.29, 0.717) is 4.47 Å². The van der Waals surface area contributed by atoms with Crippen LogP contribution in [0.1, 0.15) is 18.6 Å². The Bertz CT molecular complexity index is 412. The summed E-state index contributed by atoms with van der Waals surface area (Å²) in [6, 6.07) is 3.73. The smallest absolute Gasteiger partial charge is 0.343 e. The van der Waals surface area contributed by atoms with Crippen LogP contribution in [0.15, 0.2) is 22.7 Å². The number of rotatable bonds is 4. The second-order valence-corrected chi connectivity index (χ2v) is 4.18. The number of alkyl halides is 1. The summed E-state index contributed by atoms with van der Waals surface area (Å²) in [6.07, 6.45) is -4.17. The van der Waals surface area contributed by atoms with Gasteiger partial charge in [0.15, 0.2) is 0 Å². The van der Waals surface area contributed by atoms with E-state index in [4.69, 9.17) is 0 Å². The molecule has 0 amide bonds. The van der Waals surface area contributed by atoms with Crippen molar-refractivity contribution in [2.45, 2.75) is 19.2 Å². The number of aliphatic hydroxyl groups excluding tert-OH is 1. The zero-order valence-electron chi connectivity index (χ0n) is 8.99. The summed E-state index contributed by atoms with van der Waals surface area (Å²) in [5.74, 6) is -2.00. The van der Waals surface area contributed by atoms with Crippen LogP contribution < -0.4 is 0 Å². The fraction of sp³-hybridized carbons (Fsp3) is 0.364. The Morgan fingerprint density at radius 1 is 1.59 bits per heavy atom. The fourth-order valence-corrected chi connectivity index (χ4v) is 1.58. The first-order valence-corrected chi connectivity index (χ1v) is 5.70. The molecule has 2 unspecified atom stereocenters. The number of halogens is 3. The summed E-state index contributed by atoms with van der Waals surface area (Å²) in [5, 5.41) is 9.53. The molecule has 0 saturated heterocycles. The zero-order chi connectivity index (χ0) is 13.0. The largest absolute Gasteiger partial charge is 0.464 e. The van der Waals surface area contributed by atoms with Gasteiger partial charge >= 0.3 is 5.97 Å². The lowest BCUT2D eigenvalue weighted by molar-refractivity contribution is -0.153. The number of esters is 1. The van der Waals surface area contributed by atoms with Crippen molar-refractivity contribution in [1.82, 2.24) is 0 Å². The average molecular weight is 309 g/mol. The van der Waals surface area contributed by atoms with Crippen molar-refractivity contribution in [3.05, 3.63) is 34.1 Å². The van der Waals surface area contributed by atoms with Crippen molar-refractivity contribution in [2.24, 2.45) is 0 Å². The Kier molecular flexibility index (Phi) is 5.02. The SMILES string of the molecule is CCOC(=O)C(F)C(O)c1ccc(Br)cc1F.